The summed E-state index contributed by atoms with van der Waals surface area (Å²) in [6.07, 6.45) is -2.46. The highest BCUT2D eigenvalue weighted by atomic mass is 19.4. The fourth-order valence-corrected chi connectivity index (χ4v) is 2.81. The van der Waals surface area contributed by atoms with Gasteiger partial charge in [-0.15, -0.1) is 0 Å². The van der Waals surface area contributed by atoms with E-state index >= 15 is 0 Å². The molecular weight excluding hydrogens is 253 g/mol. The highest BCUT2D eigenvalue weighted by Gasteiger charge is 2.39. The number of halogens is 3. The molecule has 1 atom stereocenters. The van der Waals surface area contributed by atoms with Gasteiger partial charge in [0.1, 0.15) is 0 Å². The fourth-order valence-electron chi connectivity index (χ4n) is 2.81. The summed E-state index contributed by atoms with van der Waals surface area (Å²) in [5, 5.41) is 10.7. The summed E-state index contributed by atoms with van der Waals surface area (Å²) in [5.41, 5.74) is -0.421. The Kier molecular flexibility index (Phi) is 4.19. The third-order valence-electron chi connectivity index (χ3n) is 3.67. The summed E-state index contributed by atoms with van der Waals surface area (Å²) in [5.74, 6) is 0.413. The van der Waals surface area contributed by atoms with Crippen LogP contribution in [0.3, 0.4) is 0 Å². The van der Waals surface area contributed by atoms with Gasteiger partial charge >= 0.3 is 6.18 Å². The van der Waals surface area contributed by atoms with Crippen molar-refractivity contribution in [2.45, 2.75) is 50.3 Å². The van der Waals surface area contributed by atoms with E-state index in [0.29, 0.717) is 18.8 Å². The molecule has 1 aliphatic rings. The summed E-state index contributed by atoms with van der Waals surface area (Å²) in [6.45, 7) is 0. The van der Waals surface area contributed by atoms with Gasteiger partial charge in [0.2, 0.25) is 0 Å². The molecule has 1 aromatic rings. The second-order valence-electron chi connectivity index (χ2n) is 5.32. The first-order valence-electron chi connectivity index (χ1n) is 6.57. The van der Waals surface area contributed by atoms with Gasteiger partial charge in [-0.05, 0) is 30.7 Å². The van der Waals surface area contributed by atoms with Crippen molar-refractivity contribution in [2.75, 3.05) is 0 Å². The summed E-state index contributed by atoms with van der Waals surface area (Å²) >= 11 is 0. The minimum atomic E-state index is -4.18. The Morgan fingerprint density at radius 2 is 1.79 bits per heavy atom. The van der Waals surface area contributed by atoms with Crippen molar-refractivity contribution in [2.24, 2.45) is 0 Å². The van der Waals surface area contributed by atoms with Gasteiger partial charge in [0.15, 0.2) is 0 Å². The number of rotatable bonds is 2. The van der Waals surface area contributed by atoms with Crippen molar-refractivity contribution >= 4 is 0 Å². The van der Waals surface area contributed by atoms with E-state index in [9.17, 15) is 18.3 Å². The zero-order valence-electron chi connectivity index (χ0n) is 10.7. The highest BCUT2D eigenvalue weighted by molar-refractivity contribution is 5.24. The molecular formula is C15H18F3O. The average Bonchev–Trinajstić information content (AvgIpc) is 2.51. The molecule has 0 bridgehead atoms. The van der Waals surface area contributed by atoms with Gasteiger partial charge in [-0.25, -0.2) is 0 Å². The zero-order valence-corrected chi connectivity index (χ0v) is 10.7. The predicted octanol–water partition coefficient (Wildman–Crippen LogP) is 4.37. The van der Waals surface area contributed by atoms with E-state index < -0.39 is 18.2 Å². The number of aliphatic hydroxyl groups is 1. The molecule has 0 saturated heterocycles. The van der Waals surface area contributed by atoms with E-state index in [1.807, 2.05) is 18.2 Å². The largest absolute Gasteiger partial charge is 0.389 e. The second kappa shape index (κ2) is 5.53. The van der Waals surface area contributed by atoms with Crippen LogP contribution >= 0.6 is 0 Å². The maximum absolute atomic E-state index is 12.5. The molecule has 2 rings (SSSR count). The molecule has 105 valence electrons. The third-order valence-corrected chi connectivity index (χ3v) is 3.67. The predicted molar refractivity (Wildman–Crippen MR) is 67.3 cm³/mol. The van der Waals surface area contributed by atoms with E-state index in [1.165, 1.54) is 0 Å². The SMILES string of the molecule is OC1(c2ccccc2)CCCC[C](CC(F)(F)F)C1. The first-order chi connectivity index (χ1) is 8.89. The lowest BCUT2D eigenvalue weighted by Crippen LogP contribution is -2.28. The quantitative estimate of drug-likeness (QED) is 0.792. The molecule has 4 heteroatoms. The van der Waals surface area contributed by atoms with Crippen LogP contribution in [0.5, 0.6) is 0 Å². The summed E-state index contributed by atoms with van der Waals surface area (Å²) in [4.78, 5) is 0. The zero-order chi connectivity index (χ0) is 13.9. The Labute approximate surface area is 111 Å². The number of alkyl halides is 3. The smallest absolute Gasteiger partial charge is 0.385 e. The molecule has 0 heterocycles. The monoisotopic (exact) mass is 271 g/mol. The third kappa shape index (κ3) is 3.96. The van der Waals surface area contributed by atoms with Crippen LogP contribution in [0.2, 0.25) is 0 Å². The Bertz CT molecular complexity index is 402. The van der Waals surface area contributed by atoms with Crippen molar-refractivity contribution in [3.8, 4) is 0 Å². The summed E-state index contributed by atoms with van der Waals surface area (Å²) < 4.78 is 37.6. The molecule has 1 N–H and O–H groups in total. The van der Waals surface area contributed by atoms with E-state index in [2.05, 4.69) is 0 Å². The molecule has 1 radical (unpaired) electrons. The van der Waals surface area contributed by atoms with Crippen molar-refractivity contribution in [3.63, 3.8) is 0 Å². The van der Waals surface area contributed by atoms with E-state index in [4.69, 9.17) is 0 Å². The van der Waals surface area contributed by atoms with Crippen LogP contribution in [0.15, 0.2) is 30.3 Å². The van der Waals surface area contributed by atoms with Crippen LogP contribution in [0.1, 0.15) is 44.1 Å². The van der Waals surface area contributed by atoms with Gasteiger partial charge < -0.3 is 5.11 Å². The average molecular weight is 271 g/mol. The molecule has 0 aliphatic heterocycles. The van der Waals surface area contributed by atoms with Gasteiger partial charge in [-0.1, -0.05) is 43.2 Å². The molecule has 1 unspecified atom stereocenters. The van der Waals surface area contributed by atoms with Gasteiger partial charge in [-0.3, -0.25) is 0 Å². The normalized spacial score (nSPS) is 26.1. The minimum absolute atomic E-state index is 0.122. The molecule has 1 aliphatic carbocycles. The van der Waals surface area contributed by atoms with Gasteiger partial charge in [-0.2, -0.15) is 13.2 Å². The van der Waals surface area contributed by atoms with Crippen molar-refractivity contribution < 1.29 is 18.3 Å². The minimum Gasteiger partial charge on any atom is -0.385 e. The Morgan fingerprint density at radius 3 is 2.42 bits per heavy atom. The van der Waals surface area contributed by atoms with Gasteiger partial charge in [0.25, 0.3) is 0 Å². The van der Waals surface area contributed by atoms with Crippen molar-refractivity contribution in [1.82, 2.24) is 0 Å². The van der Waals surface area contributed by atoms with Crippen molar-refractivity contribution in [1.29, 1.82) is 0 Å². The van der Waals surface area contributed by atoms with Crippen LogP contribution < -0.4 is 0 Å². The molecule has 1 nitrogen and oxygen atoms in total. The molecule has 19 heavy (non-hydrogen) atoms. The highest BCUT2D eigenvalue weighted by Crippen LogP contribution is 2.43. The first kappa shape index (κ1) is 14.4. The van der Waals surface area contributed by atoms with Crippen LogP contribution in [0.25, 0.3) is 0 Å². The summed E-state index contributed by atoms with van der Waals surface area (Å²) in [7, 11) is 0. The van der Waals surface area contributed by atoms with Crippen molar-refractivity contribution in [3.05, 3.63) is 41.8 Å². The van der Waals surface area contributed by atoms with E-state index in [1.54, 1.807) is 12.1 Å². The van der Waals surface area contributed by atoms with Crippen LogP contribution in [0, 0.1) is 5.92 Å². The van der Waals surface area contributed by atoms with Gasteiger partial charge in [0, 0.05) is 6.42 Å². The first-order valence-corrected chi connectivity index (χ1v) is 6.57. The Morgan fingerprint density at radius 1 is 1.11 bits per heavy atom. The van der Waals surface area contributed by atoms with Gasteiger partial charge in [0.05, 0.1) is 5.60 Å². The standard InChI is InChI=1S/C15H18F3O/c16-15(17,18)11-12-6-4-5-9-14(19,10-12)13-7-2-1-3-8-13/h1-3,7-8,19H,4-6,9-11H2. The lowest BCUT2D eigenvalue weighted by molar-refractivity contribution is -0.133. The molecule has 0 aromatic heterocycles. The van der Waals surface area contributed by atoms with Crippen LogP contribution in [-0.4, -0.2) is 11.3 Å². The van der Waals surface area contributed by atoms with Crippen LogP contribution in [-0.2, 0) is 5.60 Å². The number of benzene rings is 1. The molecule has 1 aromatic carbocycles. The molecule has 1 saturated carbocycles. The number of hydrogen-bond acceptors (Lipinski definition) is 1. The maximum Gasteiger partial charge on any atom is 0.389 e. The maximum atomic E-state index is 12.5. The Balaban J connectivity index is 2.16. The lowest BCUT2D eigenvalue weighted by Gasteiger charge is -2.30. The second-order valence-corrected chi connectivity index (χ2v) is 5.32. The van der Waals surface area contributed by atoms with Crippen LogP contribution in [0.4, 0.5) is 13.2 Å². The topological polar surface area (TPSA) is 20.2 Å². The molecule has 0 amide bonds. The molecule has 0 spiro atoms. The number of hydrogen-bond donors (Lipinski definition) is 1. The fraction of sp³-hybridized carbons (Fsp3) is 0.533. The lowest BCUT2D eigenvalue weighted by atomic mass is 9.82. The summed E-state index contributed by atoms with van der Waals surface area (Å²) in [6, 6.07) is 9.03. The van der Waals surface area contributed by atoms with E-state index in [0.717, 1.165) is 18.4 Å². The Hall–Kier alpha value is -1.03. The van der Waals surface area contributed by atoms with E-state index in [-0.39, 0.29) is 6.42 Å². The molecule has 1 fully saturated rings.